The van der Waals surface area contributed by atoms with E-state index in [9.17, 15) is 0 Å². The number of nitrogens with two attached hydrogens (primary N) is 1. The van der Waals surface area contributed by atoms with E-state index in [0.717, 1.165) is 0 Å². The molecule has 1 unspecified atom stereocenters. The van der Waals surface area contributed by atoms with Gasteiger partial charge in [-0.15, -0.1) is 5.10 Å². The van der Waals surface area contributed by atoms with Gasteiger partial charge in [-0.1, -0.05) is 0 Å². The summed E-state index contributed by atoms with van der Waals surface area (Å²) in [6.07, 6.45) is 6.53. The van der Waals surface area contributed by atoms with Gasteiger partial charge in [-0.2, -0.15) is 4.68 Å². The maximum atomic E-state index is 5.92. The normalized spacial score (nSPS) is 12.3. The molecule has 2 N–H and O–H groups in total. The van der Waals surface area contributed by atoms with E-state index in [1.165, 1.54) is 4.68 Å². The summed E-state index contributed by atoms with van der Waals surface area (Å²) in [6.45, 7) is 1.82. The van der Waals surface area contributed by atoms with Crippen molar-refractivity contribution in [1.29, 1.82) is 0 Å². The summed E-state index contributed by atoms with van der Waals surface area (Å²) in [5.74, 6) is 1.79. The lowest BCUT2D eigenvalue weighted by atomic mass is 10.3. The fourth-order valence-electron chi connectivity index (χ4n) is 1.68. The second-order valence-electron chi connectivity index (χ2n) is 4.12. The Morgan fingerprint density at radius 3 is 2.15 bits per heavy atom. The van der Waals surface area contributed by atoms with Crippen LogP contribution >= 0.6 is 0 Å². The van der Waals surface area contributed by atoms with Crippen LogP contribution in [-0.2, 0) is 0 Å². The molecule has 0 spiro atoms. The first kappa shape index (κ1) is 12.3. The van der Waals surface area contributed by atoms with E-state index in [4.69, 9.17) is 5.73 Å². The van der Waals surface area contributed by atoms with Gasteiger partial charge in [-0.05, 0) is 19.1 Å². The minimum absolute atomic E-state index is 0.316. The van der Waals surface area contributed by atoms with Crippen LogP contribution in [0.1, 0.15) is 18.8 Å². The van der Waals surface area contributed by atoms with Crippen LogP contribution in [-0.4, -0.2) is 34.7 Å². The zero-order chi connectivity index (χ0) is 13.9. The van der Waals surface area contributed by atoms with Crippen molar-refractivity contribution in [3.8, 4) is 17.6 Å². The Labute approximate surface area is 114 Å². The molecule has 1 atom stereocenters. The van der Waals surface area contributed by atoms with Crippen molar-refractivity contribution in [2.45, 2.75) is 13.0 Å². The summed E-state index contributed by atoms with van der Waals surface area (Å²) in [5, 5.41) is 4.35. The van der Waals surface area contributed by atoms with Crippen molar-refractivity contribution in [3.05, 3.63) is 42.7 Å². The highest BCUT2D eigenvalue weighted by atomic mass is 15.4. The smallest absolute Gasteiger partial charge is 0.252 e. The highest BCUT2D eigenvalue weighted by molar-refractivity contribution is 5.42. The lowest BCUT2D eigenvalue weighted by molar-refractivity contribution is 0.669. The van der Waals surface area contributed by atoms with Crippen LogP contribution < -0.4 is 5.73 Å². The highest BCUT2D eigenvalue weighted by Crippen LogP contribution is 2.16. The molecule has 3 heterocycles. The van der Waals surface area contributed by atoms with Gasteiger partial charge in [0.15, 0.2) is 11.6 Å². The molecule has 0 aromatic carbocycles. The highest BCUT2D eigenvalue weighted by Gasteiger charge is 2.18. The van der Waals surface area contributed by atoms with E-state index in [1.807, 2.05) is 6.92 Å². The fourth-order valence-corrected chi connectivity index (χ4v) is 1.68. The van der Waals surface area contributed by atoms with E-state index in [2.05, 4.69) is 30.0 Å². The van der Waals surface area contributed by atoms with Crippen LogP contribution in [0.2, 0.25) is 0 Å². The minimum Gasteiger partial charge on any atom is -0.322 e. The number of rotatable bonds is 3. The lowest BCUT2D eigenvalue weighted by Gasteiger charge is -2.05. The predicted octanol–water partition coefficient (Wildman–Crippen LogP) is 0.534. The van der Waals surface area contributed by atoms with Crippen LogP contribution in [0.25, 0.3) is 17.6 Å². The first-order chi connectivity index (χ1) is 9.75. The molecule has 0 fully saturated rings. The van der Waals surface area contributed by atoms with Crippen LogP contribution in [0.5, 0.6) is 0 Å². The molecule has 0 aliphatic heterocycles. The SMILES string of the molecule is CC(N)c1nc(-c2ncccn2)nn1-c1ncccn1. The van der Waals surface area contributed by atoms with Gasteiger partial charge in [-0.3, -0.25) is 0 Å². The third-order valence-electron chi connectivity index (χ3n) is 2.55. The zero-order valence-corrected chi connectivity index (χ0v) is 10.7. The van der Waals surface area contributed by atoms with E-state index in [-0.39, 0.29) is 6.04 Å². The van der Waals surface area contributed by atoms with E-state index < -0.39 is 0 Å². The maximum absolute atomic E-state index is 5.92. The number of nitrogens with zero attached hydrogens (tertiary/aromatic N) is 7. The van der Waals surface area contributed by atoms with Crippen molar-refractivity contribution in [3.63, 3.8) is 0 Å². The molecule has 8 heteroatoms. The van der Waals surface area contributed by atoms with Gasteiger partial charge >= 0.3 is 0 Å². The van der Waals surface area contributed by atoms with Gasteiger partial charge in [0.1, 0.15) is 0 Å². The third kappa shape index (κ3) is 2.24. The zero-order valence-electron chi connectivity index (χ0n) is 10.7. The number of hydrogen-bond donors (Lipinski definition) is 1. The second-order valence-corrected chi connectivity index (χ2v) is 4.12. The number of hydrogen-bond acceptors (Lipinski definition) is 7. The first-order valence-electron chi connectivity index (χ1n) is 6.03. The molecule has 0 saturated carbocycles. The van der Waals surface area contributed by atoms with Gasteiger partial charge in [0.25, 0.3) is 5.95 Å². The maximum Gasteiger partial charge on any atom is 0.252 e. The fraction of sp³-hybridized carbons (Fsp3) is 0.167. The Kier molecular flexibility index (Phi) is 3.13. The van der Waals surface area contributed by atoms with Crippen LogP contribution in [0, 0.1) is 0 Å². The summed E-state index contributed by atoms with van der Waals surface area (Å²) in [5.41, 5.74) is 5.92. The largest absolute Gasteiger partial charge is 0.322 e. The molecule has 0 saturated heterocycles. The average molecular weight is 268 g/mol. The third-order valence-corrected chi connectivity index (χ3v) is 2.55. The minimum atomic E-state index is -0.316. The summed E-state index contributed by atoms with van der Waals surface area (Å²) in [6, 6.07) is 3.14. The quantitative estimate of drug-likeness (QED) is 0.738. The van der Waals surface area contributed by atoms with Crippen molar-refractivity contribution in [1.82, 2.24) is 34.7 Å². The molecule has 0 bridgehead atoms. The van der Waals surface area contributed by atoms with E-state index in [1.54, 1.807) is 36.9 Å². The Morgan fingerprint density at radius 2 is 1.55 bits per heavy atom. The molecule has 0 radical (unpaired) electrons. The first-order valence-corrected chi connectivity index (χ1v) is 6.03. The summed E-state index contributed by atoms with van der Waals surface area (Å²) in [4.78, 5) is 20.9. The molecule has 20 heavy (non-hydrogen) atoms. The van der Waals surface area contributed by atoms with Gasteiger partial charge < -0.3 is 5.73 Å². The van der Waals surface area contributed by atoms with Crippen molar-refractivity contribution < 1.29 is 0 Å². The molecule has 100 valence electrons. The Bertz CT molecular complexity index is 692. The molecule has 0 amide bonds. The molecule has 8 nitrogen and oxygen atoms in total. The van der Waals surface area contributed by atoms with Crippen molar-refractivity contribution >= 4 is 0 Å². The second kappa shape index (κ2) is 5.10. The molecule has 3 aromatic heterocycles. The number of aromatic nitrogens is 7. The molecule has 0 aliphatic rings. The lowest BCUT2D eigenvalue weighted by Crippen LogP contribution is -2.14. The van der Waals surface area contributed by atoms with E-state index >= 15 is 0 Å². The van der Waals surface area contributed by atoms with Crippen molar-refractivity contribution in [2.24, 2.45) is 5.73 Å². The summed E-state index contributed by atoms with van der Waals surface area (Å²) < 4.78 is 1.51. The predicted molar refractivity (Wildman–Crippen MR) is 70.6 cm³/mol. The van der Waals surface area contributed by atoms with E-state index in [0.29, 0.717) is 23.4 Å². The van der Waals surface area contributed by atoms with Crippen LogP contribution in [0.3, 0.4) is 0 Å². The summed E-state index contributed by atoms with van der Waals surface area (Å²) in [7, 11) is 0. The Hall–Kier alpha value is -2.74. The Morgan fingerprint density at radius 1 is 0.950 bits per heavy atom. The molecule has 0 aliphatic carbocycles. The Balaban J connectivity index is 2.13. The van der Waals surface area contributed by atoms with Crippen molar-refractivity contribution in [2.75, 3.05) is 0 Å². The standard InChI is InChI=1S/C12H12N8/c1-8(13)11-18-10(9-14-4-2-5-15-9)19-20(11)12-16-6-3-7-17-12/h2-8H,13H2,1H3. The topological polar surface area (TPSA) is 108 Å². The molecular formula is C12H12N8. The average Bonchev–Trinajstić information content (AvgIpc) is 2.94. The van der Waals surface area contributed by atoms with Gasteiger partial charge in [0.05, 0.1) is 6.04 Å². The van der Waals surface area contributed by atoms with Gasteiger partial charge in [0.2, 0.25) is 5.82 Å². The summed E-state index contributed by atoms with van der Waals surface area (Å²) >= 11 is 0. The van der Waals surface area contributed by atoms with Crippen LogP contribution in [0.15, 0.2) is 36.9 Å². The van der Waals surface area contributed by atoms with Gasteiger partial charge in [-0.25, -0.2) is 24.9 Å². The molecule has 3 rings (SSSR count). The van der Waals surface area contributed by atoms with Crippen LogP contribution in [0.4, 0.5) is 0 Å². The molecule has 3 aromatic rings. The monoisotopic (exact) mass is 268 g/mol. The molecular weight excluding hydrogens is 256 g/mol. The van der Waals surface area contributed by atoms with Gasteiger partial charge in [0, 0.05) is 24.8 Å².